The SMILES string of the molecule is CC1(I)C=CC=C2CCCNC2=C1. The van der Waals surface area contributed by atoms with Crippen LogP contribution in [0.2, 0.25) is 0 Å². The number of alkyl halides is 1. The maximum absolute atomic E-state index is 3.46. The average Bonchev–Trinajstić information content (AvgIpc) is 2.21. The number of fused-ring (bicyclic) bond motifs is 1. The van der Waals surface area contributed by atoms with Crippen molar-refractivity contribution in [2.24, 2.45) is 0 Å². The molecule has 0 amide bonds. The Morgan fingerprint density at radius 2 is 2.38 bits per heavy atom. The molecule has 1 heterocycles. The van der Waals surface area contributed by atoms with Crippen LogP contribution in [0.5, 0.6) is 0 Å². The summed E-state index contributed by atoms with van der Waals surface area (Å²) in [5.74, 6) is 0. The summed E-state index contributed by atoms with van der Waals surface area (Å²) in [6.45, 7) is 3.35. The average molecular weight is 287 g/mol. The third kappa shape index (κ3) is 2.16. The van der Waals surface area contributed by atoms with E-state index in [4.69, 9.17) is 0 Å². The second-order valence-corrected chi connectivity index (χ2v) is 6.11. The van der Waals surface area contributed by atoms with Crippen LogP contribution in [0, 0.1) is 0 Å². The molecule has 13 heavy (non-hydrogen) atoms. The van der Waals surface area contributed by atoms with Gasteiger partial charge >= 0.3 is 0 Å². The van der Waals surface area contributed by atoms with Gasteiger partial charge in [-0.15, -0.1) is 0 Å². The van der Waals surface area contributed by atoms with Crippen LogP contribution in [0.3, 0.4) is 0 Å². The number of hydrogen-bond donors (Lipinski definition) is 1. The number of rotatable bonds is 0. The summed E-state index contributed by atoms with van der Waals surface area (Å²) in [5, 5.41) is 3.46. The minimum Gasteiger partial charge on any atom is -0.385 e. The van der Waals surface area contributed by atoms with Gasteiger partial charge in [0.25, 0.3) is 0 Å². The molecule has 1 nitrogen and oxygen atoms in total. The van der Waals surface area contributed by atoms with E-state index in [-0.39, 0.29) is 3.42 Å². The zero-order valence-electron chi connectivity index (χ0n) is 7.81. The van der Waals surface area contributed by atoms with Gasteiger partial charge in [-0.25, -0.2) is 0 Å². The fraction of sp³-hybridized carbons (Fsp3) is 0.455. The first-order valence-electron chi connectivity index (χ1n) is 4.72. The molecule has 0 spiro atoms. The lowest BCUT2D eigenvalue weighted by Gasteiger charge is -2.22. The Bertz CT molecular complexity index is 297. The van der Waals surface area contributed by atoms with Crippen molar-refractivity contribution < 1.29 is 0 Å². The number of piperidine rings is 1. The Hall–Kier alpha value is -0.250. The van der Waals surface area contributed by atoms with Gasteiger partial charge in [-0.1, -0.05) is 40.8 Å². The zero-order chi connectivity index (χ0) is 9.31. The standard InChI is InChI=1S/C11H14IN/c1-11(12)6-2-4-9-5-3-7-13-10(9)8-11/h2,4,6,8,13H,3,5,7H2,1H3. The topological polar surface area (TPSA) is 12.0 Å². The van der Waals surface area contributed by atoms with Crippen molar-refractivity contribution in [1.82, 2.24) is 5.32 Å². The van der Waals surface area contributed by atoms with Crippen LogP contribution in [0.15, 0.2) is 35.6 Å². The first-order chi connectivity index (χ1) is 6.17. The molecule has 70 valence electrons. The minimum absolute atomic E-state index is 0.162. The smallest absolute Gasteiger partial charge is 0.0578 e. The van der Waals surface area contributed by atoms with Crippen LogP contribution in [0.1, 0.15) is 19.8 Å². The quantitative estimate of drug-likeness (QED) is 0.533. The summed E-state index contributed by atoms with van der Waals surface area (Å²) in [4.78, 5) is 0. The van der Waals surface area contributed by atoms with Crippen LogP contribution in [0.25, 0.3) is 0 Å². The Kier molecular flexibility index (Phi) is 2.49. The molecular formula is C11H14IN. The van der Waals surface area contributed by atoms with Gasteiger partial charge < -0.3 is 5.32 Å². The number of nitrogens with one attached hydrogen (secondary N) is 1. The molecule has 1 aliphatic heterocycles. The highest BCUT2D eigenvalue weighted by atomic mass is 127. The maximum Gasteiger partial charge on any atom is 0.0578 e. The summed E-state index contributed by atoms with van der Waals surface area (Å²) >= 11 is 2.47. The number of allylic oxidation sites excluding steroid dienone is 5. The number of hydrogen-bond acceptors (Lipinski definition) is 1. The molecule has 0 aromatic rings. The molecule has 2 rings (SSSR count). The Morgan fingerprint density at radius 1 is 1.54 bits per heavy atom. The predicted molar refractivity (Wildman–Crippen MR) is 65.0 cm³/mol. The lowest BCUT2D eigenvalue weighted by Crippen LogP contribution is -2.23. The zero-order valence-corrected chi connectivity index (χ0v) is 9.97. The molecule has 1 unspecified atom stereocenters. The lowest BCUT2D eigenvalue weighted by atomic mass is 10.0. The van der Waals surface area contributed by atoms with Crippen molar-refractivity contribution in [1.29, 1.82) is 0 Å². The molecule has 1 atom stereocenters. The van der Waals surface area contributed by atoms with E-state index in [9.17, 15) is 0 Å². The third-order valence-corrected chi connectivity index (χ3v) is 3.10. The molecule has 0 aromatic carbocycles. The van der Waals surface area contributed by atoms with Gasteiger partial charge in [0.05, 0.1) is 3.42 Å². The van der Waals surface area contributed by atoms with Gasteiger partial charge in [0, 0.05) is 12.2 Å². The van der Waals surface area contributed by atoms with Gasteiger partial charge in [0.1, 0.15) is 0 Å². The summed E-state index contributed by atoms with van der Waals surface area (Å²) in [5.41, 5.74) is 2.80. The van der Waals surface area contributed by atoms with Gasteiger partial charge in [0.2, 0.25) is 0 Å². The normalized spacial score (nSPS) is 32.5. The maximum atomic E-state index is 3.46. The van der Waals surface area contributed by atoms with Crippen molar-refractivity contribution >= 4 is 22.6 Å². The second-order valence-electron chi connectivity index (χ2n) is 3.79. The highest BCUT2D eigenvalue weighted by molar-refractivity contribution is 14.1. The first kappa shape index (κ1) is 9.31. The van der Waals surface area contributed by atoms with Gasteiger partial charge in [-0.05, 0) is 31.4 Å². The van der Waals surface area contributed by atoms with Crippen molar-refractivity contribution in [3.63, 3.8) is 0 Å². The Labute approximate surface area is 93.1 Å². The van der Waals surface area contributed by atoms with E-state index in [1.807, 2.05) is 0 Å². The van der Waals surface area contributed by atoms with E-state index >= 15 is 0 Å². The molecule has 1 saturated heterocycles. The van der Waals surface area contributed by atoms with Gasteiger partial charge in [0.15, 0.2) is 0 Å². The largest absolute Gasteiger partial charge is 0.385 e. The highest BCUT2D eigenvalue weighted by Gasteiger charge is 2.19. The molecule has 1 aliphatic carbocycles. The fourth-order valence-corrected chi connectivity index (χ4v) is 2.27. The Balaban J connectivity index is 2.34. The third-order valence-electron chi connectivity index (χ3n) is 2.43. The summed E-state index contributed by atoms with van der Waals surface area (Å²) in [6, 6.07) is 0. The van der Waals surface area contributed by atoms with Crippen LogP contribution >= 0.6 is 22.6 Å². The van der Waals surface area contributed by atoms with Crippen LogP contribution < -0.4 is 5.32 Å². The minimum atomic E-state index is 0.162. The van der Waals surface area contributed by atoms with E-state index in [1.165, 1.54) is 24.1 Å². The van der Waals surface area contributed by atoms with Crippen molar-refractivity contribution in [3.05, 3.63) is 35.6 Å². The lowest BCUT2D eigenvalue weighted by molar-refractivity contribution is 0.665. The van der Waals surface area contributed by atoms with Gasteiger partial charge in [-0.3, -0.25) is 0 Å². The molecular weight excluding hydrogens is 273 g/mol. The summed E-state index contributed by atoms with van der Waals surface area (Å²) < 4.78 is 0.162. The molecule has 1 N–H and O–H groups in total. The second kappa shape index (κ2) is 3.48. The van der Waals surface area contributed by atoms with Crippen LogP contribution in [0.4, 0.5) is 0 Å². The predicted octanol–water partition coefficient (Wildman–Crippen LogP) is 2.94. The first-order valence-corrected chi connectivity index (χ1v) is 5.80. The van der Waals surface area contributed by atoms with Crippen molar-refractivity contribution in [3.8, 4) is 0 Å². The fourth-order valence-electron chi connectivity index (χ4n) is 1.75. The van der Waals surface area contributed by atoms with E-state index in [0.717, 1.165) is 6.54 Å². The Morgan fingerprint density at radius 3 is 3.23 bits per heavy atom. The molecule has 0 saturated carbocycles. The molecule has 0 bridgehead atoms. The molecule has 0 aromatic heterocycles. The summed E-state index contributed by atoms with van der Waals surface area (Å²) in [7, 11) is 0. The molecule has 2 aliphatic rings. The molecule has 2 heteroatoms. The van der Waals surface area contributed by atoms with E-state index in [1.54, 1.807) is 0 Å². The van der Waals surface area contributed by atoms with E-state index in [2.05, 4.69) is 59.1 Å². The van der Waals surface area contributed by atoms with Crippen molar-refractivity contribution in [2.45, 2.75) is 23.2 Å². The van der Waals surface area contributed by atoms with Gasteiger partial charge in [-0.2, -0.15) is 0 Å². The molecule has 1 fully saturated rings. The number of halogens is 1. The van der Waals surface area contributed by atoms with Crippen LogP contribution in [-0.4, -0.2) is 9.97 Å². The monoisotopic (exact) mass is 287 g/mol. The van der Waals surface area contributed by atoms with E-state index < -0.39 is 0 Å². The highest BCUT2D eigenvalue weighted by Crippen LogP contribution is 2.30. The van der Waals surface area contributed by atoms with Crippen molar-refractivity contribution in [2.75, 3.05) is 6.54 Å². The summed E-state index contributed by atoms with van der Waals surface area (Å²) in [6.07, 6.45) is 11.5. The van der Waals surface area contributed by atoms with Crippen LogP contribution in [-0.2, 0) is 0 Å². The molecule has 0 radical (unpaired) electrons. The van der Waals surface area contributed by atoms with E-state index in [0.29, 0.717) is 0 Å².